The molecule has 2 fully saturated rings. The number of alkyl halides is 6. The van der Waals surface area contributed by atoms with Gasteiger partial charge in [-0.15, -0.1) is 0 Å². The molecule has 19 heteroatoms. The molecule has 74 heavy (non-hydrogen) atoms. The highest BCUT2D eigenvalue weighted by Gasteiger charge is 2.40. The van der Waals surface area contributed by atoms with Gasteiger partial charge in [-0.25, -0.2) is 0 Å². The van der Waals surface area contributed by atoms with Crippen LogP contribution in [0.4, 0.5) is 26.3 Å². The van der Waals surface area contributed by atoms with Crippen LogP contribution in [-0.4, -0.2) is 79.8 Å². The van der Waals surface area contributed by atoms with Gasteiger partial charge in [0.25, 0.3) is 0 Å². The fourth-order valence-electron chi connectivity index (χ4n) is 9.47. The van der Waals surface area contributed by atoms with E-state index < -0.39 is 36.2 Å². The number of hydrogen-bond donors (Lipinski definition) is 2. The van der Waals surface area contributed by atoms with Crippen molar-refractivity contribution in [3.05, 3.63) is 143 Å². The van der Waals surface area contributed by atoms with Crippen LogP contribution in [-0.2, 0) is 44.4 Å². The predicted octanol–water partition coefficient (Wildman–Crippen LogP) is 10.8. The first-order valence-electron chi connectivity index (χ1n) is 24.9. The quantitative estimate of drug-likeness (QED) is 0.0833. The highest BCUT2D eigenvalue weighted by molar-refractivity contribution is 5.91. The first-order valence-corrected chi connectivity index (χ1v) is 24.9. The maximum atomic E-state index is 13.2. The van der Waals surface area contributed by atoms with E-state index in [1.165, 1.54) is 11.1 Å². The molecule has 4 aromatic carbocycles. The topological polar surface area (TPSA) is 173 Å². The van der Waals surface area contributed by atoms with Crippen LogP contribution in [0.1, 0.15) is 118 Å². The zero-order valence-electron chi connectivity index (χ0n) is 41.3. The van der Waals surface area contributed by atoms with E-state index in [9.17, 15) is 45.5 Å². The predicted molar refractivity (Wildman–Crippen MR) is 262 cm³/mol. The Balaban J connectivity index is 0.000000217. The van der Waals surface area contributed by atoms with Gasteiger partial charge in [0.2, 0.25) is 23.5 Å². The lowest BCUT2D eigenvalue weighted by Gasteiger charge is -2.38. The Labute approximate surface area is 424 Å². The fourth-order valence-corrected chi connectivity index (χ4v) is 9.47. The largest absolute Gasteiger partial charge is 0.471 e. The van der Waals surface area contributed by atoms with Crippen molar-refractivity contribution < 1.29 is 54.6 Å². The third-order valence-electron chi connectivity index (χ3n) is 13.8. The number of amides is 2. The van der Waals surface area contributed by atoms with E-state index in [-0.39, 0.29) is 59.8 Å². The minimum atomic E-state index is -4.70. The summed E-state index contributed by atoms with van der Waals surface area (Å²) in [7, 11) is 0. The lowest BCUT2D eigenvalue weighted by atomic mass is 9.77. The Morgan fingerprint density at radius 2 is 1.05 bits per heavy atom. The first-order chi connectivity index (χ1) is 35.4. The number of aromatic nitrogens is 4. The van der Waals surface area contributed by atoms with Crippen LogP contribution in [0, 0.1) is 5.92 Å². The molecule has 0 radical (unpaired) electrons. The number of nitrogens with zero attached hydrogens (tertiary/aromatic N) is 5. The molecule has 2 amide bonds. The summed E-state index contributed by atoms with van der Waals surface area (Å²) in [6.45, 7) is 7.03. The van der Waals surface area contributed by atoms with Gasteiger partial charge < -0.3 is 19.7 Å². The van der Waals surface area contributed by atoms with Crippen LogP contribution >= 0.6 is 0 Å². The number of nitrogens with one attached hydrogen (secondary N) is 2. The van der Waals surface area contributed by atoms with Gasteiger partial charge in [0, 0.05) is 29.9 Å². The van der Waals surface area contributed by atoms with E-state index in [0.717, 1.165) is 56.3 Å². The molecule has 2 N–H and O–H groups in total. The molecule has 392 valence electrons. The summed E-state index contributed by atoms with van der Waals surface area (Å²) in [5.41, 5.74) is 4.91. The van der Waals surface area contributed by atoms with Crippen molar-refractivity contribution in [1.82, 2.24) is 35.8 Å². The first kappa shape index (κ1) is 54.7. The van der Waals surface area contributed by atoms with Crippen LogP contribution < -0.4 is 10.6 Å². The maximum absolute atomic E-state index is 13.2. The lowest BCUT2D eigenvalue weighted by molar-refractivity contribution is -0.160. The second-order valence-corrected chi connectivity index (χ2v) is 18.9. The molecule has 0 spiro atoms. The number of piperidine rings is 1. The Hall–Kier alpha value is -7.02. The van der Waals surface area contributed by atoms with E-state index in [2.05, 4.69) is 69.1 Å². The van der Waals surface area contributed by atoms with E-state index in [1.54, 1.807) is 62.4 Å². The number of Topliss-reactive ketones (excluding diaryl/α,β-unsaturated/α-hetero) is 2. The fraction of sp³-hybridized carbons (Fsp3) is 0.418. The number of carbonyl (C=O) groups is 4. The molecule has 0 bridgehead atoms. The third-order valence-corrected chi connectivity index (χ3v) is 13.8. The van der Waals surface area contributed by atoms with Crippen molar-refractivity contribution in [3.8, 4) is 22.8 Å². The highest BCUT2D eigenvalue weighted by Crippen LogP contribution is 2.37. The summed E-state index contributed by atoms with van der Waals surface area (Å²) in [5.74, 6) is -2.91. The number of benzene rings is 4. The molecule has 8 rings (SSSR count). The Morgan fingerprint density at radius 1 is 0.608 bits per heavy atom. The summed E-state index contributed by atoms with van der Waals surface area (Å²) in [6, 6.07) is 32.1. The molecular weight excluding hydrogens is 969 g/mol. The Kier molecular flexibility index (Phi) is 18.4. The van der Waals surface area contributed by atoms with E-state index in [4.69, 9.17) is 0 Å². The van der Waals surface area contributed by atoms with Crippen LogP contribution in [0.25, 0.3) is 22.8 Å². The molecule has 6 atom stereocenters. The van der Waals surface area contributed by atoms with Gasteiger partial charge in [0.15, 0.2) is 11.6 Å². The molecule has 0 unspecified atom stereocenters. The van der Waals surface area contributed by atoms with E-state index in [0.29, 0.717) is 42.2 Å². The van der Waals surface area contributed by atoms with E-state index in [1.807, 2.05) is 43.3 Å². The van der Waals surface area contributed by atoms with Crippen LogP contribution in [0.5, 0.6) is 0 Å². The zero-order valence-corrected chi connectivity index (χ0v) is 41.3. The Bertz CT molecular complexity index is 2780. The molecule has 3 heterocycles. The van der Waals surface area contributed by atoms with Crippen LogP contribution in [0.3, 0.4) is 0 Å². The number of likely N-dealkylation sites (tertiary alicyclic amines) is 1. The number of likely N-dealkylation sites (N-methyl/N-ethyl adjacent to an activating group) is 1. The van der Waals surface area contributed by atoms with Gasteiger partial charge in [0.1, 0.15) is 0 Å². The second kappa shape index (κ2) is 24.8. The minimum absolute atomic E-state index is 0.0702. The molecule has 1 saturated carbocycles. The molecule has 6 aromatic rings. The number of rotatable bonds is 17. The van der Waals surface area contributed by atoms with Crippen molar-refractivity contribution in [2.75, 3.05) is 13.1 Å². The van der Waals surface area contributed by atoms with Crippen molar-refractivity contribution >= 4 is 23.4 Å². The summed E-state index contributed by atoms with van der Waals surface area (Å²) >= 11 is 0. The second-order valence-electron chi connectivity index (χ2n) is 18.9. The smallest absolute Gasteiger partial charge is 0.346 e. The van der Waals surface area contributed by atoms with Gasteiger partial charge >= 0.3 is 24.1 Å². The average Bonchev–Trinajstić information content (AvgIpc) is 4.13. The van der Waals surface area contributed by atoms with Crippen LogP contribution in [0.2, 0.25) is 0 Å². The number of aryl methyl sites for hydroxylation is 2. The average molecular weight is 1030 g/mol. The highest BCUT2D eigenvalue weighted by atomic mass is 19.4. The number of halogens is 6. The monoisotopic (exact) mass is 1030 g/mol. The van der Waals surface area contributed by atoms with Crippen molar-refractivity contribution in [1.29, 1.82) is 0 Å². The molecule has 1 aliphatic heterocycles. The van der Waals surface area contributed by atoms with Gasteiger partial charge in [-0.3, -0.25) is 24.1 Å². The normalized spacial score (nSPS) is 19.1. The number of ketones is 2. The van der Waals surface area contributed by atoms with Crippen molar-refractivity contribution in [3.63, 3.8) is 0 Å². The van der Waals surface area contributed by atoms with Crippen LogP contribution in [0.15, 0.2) is 118 Å². The number of carbonyl (C=O) groups excluding carboxylic acids is 4. The summed E-state index contributed by atoms with van der Waals surface area (Å²) < 4.78 is 84.5. The molecule has 13 nitrogen and oxygen atoms in total. The van der Waals surface area contributed by atoms with E-state index >= 15 is 0 Å². The lowest BCUT2D eigenvalue weighted by Crippen LogP contribution is -2.53. The van der Waals surface area contributed by atoms with Gasteiger partial charge in [-0.2, -0.15) is 36.3 Å². The molecule has 1 aliphatic carbocycles. The summed E-state index contributed by atoms with van der Waals surface area (Å²) in [5, 5.41) is 12.6. The zero-order chi connectivity index (χ0) is 53.0. The molecule has 2 aliphatic rings. The summed E-state index contributed by atoms with van der Waals surface area (Å²) in [4.78, 5) is 60.4. The van der Waals surface area contributed by atoms with Gasteiger partial charge in [0.05, 0.1) is 18.1 Å². The van der Waals surface area contributed by atoms with Gasteiger partial charge in [-0.1, -0.05) is 133 Å². The molecular formula is C55H59F6N7O6. The Morgan fingerprint density at radius 3 is 1.49 bits per heavy atom. The van der Waals surface area contributed by atoms with Crippen molar-refractivity contribution in [2.24, 2.45) is 5.92 Å². The third kappa shape index (κ3) is 14.8. The minimum Gasteiger partial charge on any atom is -0.346 e. The molecule has 1 saturated heterocycles. The van der Waals surface area contributed by atoms with Crippen molar-refractivity contribution in [2.45, 2.75) is 127 Å². The van der Waals surface area contributed by atoms with Gasteiger partial charge in [-0.05, 0) is 106 Å². The SMILES string of the molecule is CCN1CC[C@H](c2ccccc2)C[C@@H]1C(=O)N[C@@H](C)C(=O)CCc1ccc(-c2noc(C(F)(F)F)n2)cc1.C[C@H](NC(=O)[C@@H]1CCC[C@H](c2ccccc2)C1)C(=O)CCc1ccc(-c2noc(C(F)(F)F)n2)cc1. The summed E-state index contributed by atoms with van der Waals surface area (Å²) in [6.07, 6.45) is -2.71. The molecule has 2 aromatic heterocycles. The number of hydrogen-bond acceptors (Lipinski definition) is 11. The standard InChI is InChI=1S/C28H31F3N4O3.C27H28F3N3O3/c1-3-35-16-15-22(20-7-5-4-6-8-20)17-23(35)26(37)32-18(2)24(36)14-11-19-9-12-21(13-10-19)25-33-27(38-34-25)28(29,30)31;1-17(31-25(35)22-9-5-8-21(16-22)19-6-3-2-4-7-19)23(34)15-12-18-10-13-20(14-11-18)24-32-26(36-33-24)27(28,29)30/h4-10,12-13,18,22-23H,3,11,14-17H2,1-2H3,(H,32,37);2-4,6-7,10-11,13-14,17,21-22H,5,8-9,12,15-16H2,1H3,(H,31,35)/t18-,22-,23+;17-,21-,22+/m00/s1. The maximum Gasteiger partial charge on any atom is 0.471 e.